The lowest BCUT2D eigenvalue weighted by Crippen LogP contribution is -2.31. The monoisotopic (exact) mass is 313 g/mol. The molecule has 122 valence electrons. The summed E-state index contributed by atoms with van der Waals surface area (Å²) in [6.45, 7) is 5.22. The van der Waals surface area contributed by atoms with Crippen LogP contribution in [-0.2, 0) is 0 Å². The summed E-state index contributed by atoms with van der Waals surface area (Å²) in [7, 11) is 4.00. The predicted octanol–water partition coefficient (Wildman–Crippen LogP) is 2.77. The molecule has 1 aromatic carbocycles. The van der Waals surface area contributed by atoms with Gasteiger partial charge in [-0.3, -0.25) is 4.79 Å². The first kappa shape index (κ1) is 16.7. The summed E-state index contributed by atoms with van der Waals surface area (Å²) in [6, 6.07) is 8.00. The third kappa shape index (κ3) is 4.18. The van der Waals surface area contributed by atoms with Crippen molar-refractivity contribution in [1.82, 2.24) is 14.9 Å². The molecule has 1 heterocycles. The van der Waals surface area contributed by atoms with Gasteiger partial charge in [-0.25, -0.2) is 9.97 Å². The number of nitrogens with zero attached hydrogens (tertiary/aromatic N) is 4. The number of rotatable bonds is 6. The lowest BCUT2D eigenvalue weighted by molar-refractivity contribution is 0.0766. The van der Waals surface area contributed by atoms with Crippen molar-refractivity contribution >= 4 is 23.1 Å². The molecule has 0 spiro atoms. The highest BCUT2D eigenvalue weighted by molar-refractivity contribution is 5.92. The van der Waals surface area contributed by atoms with E-state index >= 15 is 0 Å². The van der Waals surface area contributed by atoms with Gasteiger partial charge in [0.05, 0.1) is 12.4 Å². The van der Waals surface area contributed by atoms with Gasteiger partial charge in [-0.15, -0.1) is 0 Å². The number of hydrogen-bond donors (Lipinski definition) is 1. The van der Waals surface area contributed by atoms with Crippen LogP contribution in [0.15, 0.2) is 36.7 Å². The summed E-state index contributed by atoms with van der Waals surface area (Å²) >= 11 is 0. The highest BCUT2D eigenvalue weighted by Gasteiger charge is 2.14. The highest BCUT2D eigenvalue weighted by atomic mass is 16.2. The van der Waals surface area contributed by atoms with Crippen molar-refractivity contribution in [3.05, 3.63) is 42.4 Å². The molecule has 0 saturated carbocycles. The van der Waals surface area contributed by atoms with E-state index in [4.69, 9.17) is 0 Å². The molecular formula is C17H23N5O. The van der Waals surface area contributed by atoms with Crippen LogP contribution >= 0.6 is 0 Å². The topological polar surface area (TPSA) is 61.4 Å². The van der Waals surface area contributed by atoms with Crippen molar-refractivity contribution < 1.29 is 4.79 Å². The molecule has 6 heteroatoms. The number of anilines is 3. The fraction of sp³-hybridized carbons (Fsp3) is 0.353. The molecule has 0 aliphatic heterocycles. The Morgan fingerprint density at radius 1 is 1.04 bits per heavy atom. The number of hydrogen-bond acceptors (Lipinski definition) is 5. The summed E-state index contributed by atoms with van der Waals surface area (Å²) in [5, 5.41) is 3.18. The zero-order chi connectivity index (χ0) is 16.8. The molecule has 0 radical (unpaired) electrons. The third-order valence-electron chi connectivity index (χ3n) is 3.58. The van der Waals surface area contributed by atoms with Crippen LogP contribution in [-0.4, -0.2) is 48.0 Å². The minimum Gasteiger partial charge on any atom is -0.378 e. The fourth-order valence-corrected chi connectivity index (χ4v) is 2.17. The van der Waals surface area contributed by atoms with E-state index in [1.54, 1.807) is 11.1 Å². The number of aromatic nitrogens is 2. The summed E-state index contributed by atoms with van der Waals surface area (Å²) < 4.78 is 0. The lowest BCUT2D eigenvalue weighted by Gasteiger charge is -2.17. The summed E-state index contributed by atoms with van der Waals surface area (Å²) in [6.07, 6.45) is 3.09. The average Bonchev–Trinajstić information content (AvgIpc) is 2.57. The van der Waals surface area contributed by atoms with E-state index in [1.165, 1.54) is 6.20 Å². The Labute approximate surface area is 137 Å². The number of amides is 1. The third-order valence-corrected chi connectivity index (χ3v) is 3.58. The van der Waals surface area contributed by atoms with Crippen LogP contribution in [0, 0.1) is 0 Å². The largest absolute Gasteiger partial charge is 0.378 e. The van der Waals surface area contributed by atoms with Crippen molar-refractivity contribution in [2.45, 2.75) is 13.8 Å². The van der Waals surface area contributed by atoms with Gasteiger partial charge in [0.15, 0.2) is 0 Å². The Bertz CT molecular complexity index is 633. The number of carbonyl (C=O) groups is 1. The van der Waals surface area contributed by atoms with Crippen LogP contribution in [0.4, 0.5) is 17.2 Å². The van der Waals surface area contributed by atoms with E-state index < -0.39 is 0 Å². The molecule has 2 aromatic rings. The molecule has 0 aliphatic rings. The van der Waals surface area contributed by atoms with E-state index in [0.717, 1.165) is 11.4 Å². The molecule has 23 heavy (non-hydrogen) atoms. The van der Waals surface area contributed by atoms with E-state index in [2.05, 4.69) is 15.3 Å². The maximum Gasteiger partial charge on any atom is 0.274 e. The molecule has 0 aliphatic carbocycles. The van der Waals surface area contributed by atoms with Crippen LogP contribution in [0.25, 0.3) is 0 Å². The number of benzene rings is 1. The van der Waals surface area contributed by atoms with Gasteiger partial charge in [-0.05, 0) is 38.1 Å². The quantitative estimate of drug-likeness (QED) is 0.888. The highest BCUT2D eigenvalue weighted by Crippen LogP contribution is 2.18. The standard InChI is InChI=1S/C17H23N5O/c1-5-22(6-2)17(23)15-11-19-16(12-18-15)20-13-7-9-14(10-8-13)21(3)4/h7-12H,5-6H2,1-4H3,(H,19,20). The van der Waals surface area contributed by atoms with Crippen LogP contribution < -0.4 is 10.2 Å². The van der Waals surface area contributed by atoms with E-state index in [9.17, 15) is 4.79 Å². The molecule has 2 rings (SSSR count). The fourth-order valence-electron chi connectivity index (χ4n) is 2.17. The van der Waals surface area contributed by atoms with Crippen molar-refractivity contribution in [2.75, 3.05) is 37.4 Å². The zero-order valence-electron chi connectivity index (χ0n) is 14.1. The first-order valence-electron chi connectivity index (χ1n) is 7.70. The normalized spacial score (nSPS) is 10.3. The summed E-state index contributed by atoms with van der Waals surface area (Å²) in [5.74, 6) is 0.517. The Balaban J connectivity index is 2.06. The number of nitrogens with one attached hydrogen (secondary N) is 1. The molecule has 1 N–H and O–H groups in total. The molecule has 1 amide bonds. The first-order valence-corrected chi connectivity index (χ1v) is 7.70. The minimum absolute atomic E-state index is 0.0932. The first-order chi connectivity index (χ1) is 11.0. The van der Waals surface area contributed by atoms with Crippen molar-refractivity contribution in [3.8, 4) is 0 Å². The lowest BCUT2D eigenvalue weighted by atomic mass is 10.2. The second-order valence-corrected chi connectivity index (χ2v) is 5.33. The maximum absolute atomic E-state index is 12.2. The van der Waals surface area contributed by atoms with Crippen molar-refractivity contribution in [2.24, 2.45) is 0 Å². The Morgan fingerprint density at radius 2 is 1.70 bits per heavy atom. The van der Waals surface area contributed by atoms with Crippen molar-refractivity contribution in [1.29, 1.82) is 0 Å². The van der Waals surface area contributed by atoms with Gasteiger partial charge in [0, 0.05) is 38.6 Å². The van der Waals surface area contributed by atoms with Gasteiger partial charge < -0.3 is 15.1 Å². The molecule has 1 aromatic heterocycles. The van der Waals surface area contributed by atoms with Gasteiger partial charge in [0.2, 0.25) is 0 Å². The minimum atomic E-state index is -0.0932. The van der Waals surface area contributed by atoms with Crippen LogP contribution in [0.1, 0.15) is 24.3 Å². The molecular weight excluding hydrogens is 290 g/mol. The molecule has 0 fully saturated rings. The molecule has 0 atom stereocenters. The molecule has 0 saturated heterocycles. The molecule has 6 nitrogen and oxygen atoms in total. The van der Waals surface area contributed by atoms with Gasteiger partial charge in [-0.1, -0.05) is 0 Å². The van der Waals surface area contributed by atoms with Gasteiger partial charge in [0.25, 0.3) is 5.91 Å². The van der Waals surface area contributed by atoms with Gasteiger partial charge >= 0.3 is 0 Å². The second-order valence-electron chi connectivity index (χ2n) is 5.33. The molecule has 0 unspecified atom stereocenters. The summed E-state index contributed by atoms with van der Waals surface area (Å²) in [5.41, 5.74) is 2.41. The SMILES string of the molecule is CCN(CC)C(=O)c1cnc(Nc2ccc(N(C)C)cc2)cn1. The van der Waals surface area contributed by atoms with Gasteiger partial charge in [0.1, 0.15) is 11.5 Å². The molecule has 0 bridgehead atoms. The van der Waals surface area contributed by atoms with E-state index in [0.29, 0.717) is 24.6 Å². The average molecular weight is 313 g/mol. The Kier molecular flexibility index (Phi) is 5.51. The second kappa shape index (κ2) is 7.58. The predicted molar refractivity (Wildman–Crippen MR) is 93.3 cm³/mol. The van der Waals surface area contributed by atoms with Crippen molar-refractivity contribution in [3.63, 3.8) is 0 Å². The van der Waals surface area contributed by atoms with Crippen LogP contribution in [0.5, 0.6) is 0 Å². The van der Waals surface area contributed by atoms with Gasteiger partial charge in [-0.2, -0.15) is 0 Å². The Hall–Kier alpha value is -2.63. The Morgan fingerprint density at radius 3 is 2.17 bits per heavy atom. The van der Waals surface area contributed by atoms with Crippen LogP contribution in [0.3, 0.4) is 0 Å². The zero-order valence-corrected chi connectivity index (χ0v) is 14.1. The van der Waals surface area contributed by atoms with E-state index in [-0.39, 0.29) is 5.91 Å². The van der Waals surface area contributed by atoms with Crippen LogP contribution in [0.2, 0.25) is 0 Å². The smallest absolute Gasteiger partial charge is 0.274 e. The maximum atomic E-state index is 12.2. The summed E-state index contributed by atoms with van der Waals surface area (Å²) in [4.78, 5) is 24.4. The number of carbonyl (C=O) groups excluding carboxylic acids is 1. The van der Waals surface area contributed by atoms with E-state index in [1.807, 2.05) is 57.1 Å².